The van der Waals surface area contributed by atoms with Gasteiger partial charge in [0.05, 0.1) is 17.6 Å². The molecule has 1 unspecified atom stereocenters. The van der Waals surface area contributed by atoms with Crippen molar-refractivity contribution in [3.8, 4) is 0 Å². The van der Waals surface area contributed by atoms with Gasteiger partial charge in [-0.3, -0.25) is 9.59 Å². The van der Waals surface area contributed by atoms with Gasteiger partial charge in [0.1, 0.15) is 18.7 Å². The maximum atomic E-state index is 14.2. The Hall–Kier alpha value is -3.37. The molecule has 3 aliphatic carbocycles. The molecule has 5 fully saturated rings. The quantitative estimate of drug-likeness (QED) is 0.301. The second-order valence-corrected chi connectivity index (χ2v) is 15.8. The predicted octanol–water partition coefficient (Wildman–Crippen LogP) is 5.70. The molecule has 7 rings (SSSR count). The van der Waals surface area contributed by atoms with Crippen molar-refractivity contribution in [1.29, 1.82) is 0 Å². The average Bonchev–Trinajstić information content (AvgIpc) is 3.71. The first-order valence-corrected chi connectivity index (χ1v) is 17.8. The lowest BCUT2D eigenvalue weighted by Gasteiger charge is -2.64. The van der Waals surface area contributed by atoms with Gasteiger partial charge in [-0.1, -0.05) is 95.3 Å². The predicted molar refractivity (Wildman–Crippen MR) is 185 cm³/mol. The Morgan fingerprint density at radius 1 is 1.00 bits per heavy atom. The van der Waals surface area contributed by atoms with Gasteiger partial charge in [0.2, 0.25) is 11.8 Å². The smallest absolute Gasteiger partial charge is 0.445 e. The lowest BCUT2D eigenvalue weighted by atomic mass is 9.43. The number of hydrogen-bond donors (Lipinski definition) is 2. The summed E-state index contributed by atoms with van der Waals surface area (Å²) in [5.41, 5.74) is 1.25. The Kier molecular flexibility index (Phi) is 9.71. The highest BCUT2D eigenvalue weighted by molar-refractivity contribution is 6.48. The van der Waals surface area contributed by atoms with E-state index in [1.807, 2.05) is 60.7 Å². The summed E-state index contributed by atoms with van der Waals surface area (Å²) in [4.78, 5) is 43.0. The topological polar surface area (TPSA) is 106 Å². The van der Waals surface area contributed by atoms with Gasteiger partial charge >= 0.3 is 13.2 Å². The fourth-order valence-electron chi connectivity index (χ4n) is 8.60. The summed E-state index contributed by atoms with van der Waals surface area (Å²) in [5, 5.41) is 6.14. The first-order valence-electron chi connectivity index (χ1n) is 17.8. The van der Waals surface area contributed by atoms with E-state index in [9.17, 15) is 14.4 Å². The number of amides is 3. The van der Waals surface area contributed by atoms with E-state index >= 15 is 0 Å². The molecule has 2 N–H and O–H groups in total. The summed E-state index contributed by atoms with van der Waals surface area (Å²) in [6.45, 7) is 13.8. The molecule has 5 aliphatic rings. The Labute approximate surface area is 286 Å². The van der Waals surface area contributed by atoms with Crippen LogP contribution in [0.25, 0.3) is 0 Å². The average molecular weight is 658 g/mol. The van der Waals surface area contributed by atoms with E-state index in [1.165, 1.54) is 0 Å². The fraction of sp³-hybridized carbons (Fsp3) is 0.605. The maximum absolute atomic E-state index is 14.2. The van der Waals surface area contributed by atoms with E-state index in [0.717, 1.165) is 30.4 Å². The van der Waals surface area contributed by atoms with Gasteiger partial charge in [0.15, 0.2) is 0 Å². The standard InChI is InChI=1S/C38H52BN3O6/c1-7-36(2,3)34(39-47-31-23-27-22-30(37(27,4)5)38(31,6)48-39)41-32(43)29-19-14-20-42(29)33(44)28(21-25-15-10-8-11-16-25)40-35(45)46-24-26-17-12-9-13-18-26/h8-13,15-18,27-31,34H,7,14,19-24H2,1-6H3,(H,40,45)(H,41,43)/t27-,28+,29-,30-,31+,34?,38-/m0/s1. The second kappa shape index (κ2) is 13.5. The minimum absolute atomic E-state index is 0.00218. The number of alkyl carbamates (subject to hydrolysis) is 1. The third kappa shape index (κ3) is 6.62. The van der Waals surface area contributed by atoms with Crippen LogP contribution < -0.4 is 10.6 Å². The molecule has 0 spiro atoms. The number of ether oxygens (including phenoxy) is 1. The van der Waals surface area contributed by atoms with E-state index in [2.05, 4.69) is 52.2 Å². The third-order valence-corrected chi connectivity index (χ3v) is 12.2. The molecule has 2 saturated heterocycles. The van der Waals surface area contributed by atoms with Gasteiger partial charge in [-0.25, -0.2) is 4.79 Å². The summed E-state index contributed by atoms with van der Waals surface area (Å²) < 4.78 is 19.0. The van der Waals surface area contributed by atoms with E-state index in [-0.39, 0.29) is 41.8 Å². The Bertz CT molecular complexity index is 1470. The molecule has 7 atom stereocenters. The molecule has 258 valence electrons. The molecule has 0 aromatic heterocycles. The van der Waals surface area contributed by atoms with Crippen molar-refractivity contribution in [1.82, 2.24) is 15.5 Å². The number of carbonyl (C=O) groups is 3. The highest BCUT2D eigenvalue weighted by Gasteiger charge is 2.69. The van der Waals surface area contributed by atoms with E-state index < -0.39 is 36.8 Å². The highest BCUT2D eigenvalue weighted by Crippen LogP contribution is 2.66. The van der Waals surface area contributed by atoms with Gasteiger partial charge in [0, 0.05) is 13.0 Å². The van der Waals surface area contributed by atoms with E-state index in [1.54, 1.807) is 4.90 Å². The third-order valence-electron chi connectivity index (χ3n) is 12.2. The molecule has 2 aromatic rings. The number of carbonyl (C=O) groups excluding carboxylic acids is 3. The van der Waals surface area contributed by atoms with Crippen LogP contribution in [0.15, 0.2) is 60.7 Å². The highest BCUT2D eigenvalue weighted by atomic mass is 16.7. The van der Waals surface area contributed by atoms with Crippen LogP contribution in [0.2, 0.25) is 0 Å². The van der Waals surface area contributed by atoms with Crippen molar-refractivity contribution in [2.75, 3.05) is 6.54 Å². The normalized spacial score (nSPS) is 28.5. The van der Waals surface area contributed by atoms with Crippen molar-refractivity contribution in [2.24, 2.45) is 22.7 Å². The minimum Gasteiger partial charge on any atom is -0.445 e. The van der Waals surface area contributed by atoms with E-state index in [4.69, 9.17) is 14.0 Å². The number of benzene rings is 2. The van der Waals surface area contributed by atoms with Crippen LogP contribution in [0, 0.1) is 22.7 Å². The second-order valence-electron chi connectivity index (χ2n) is 15.8. The van der Waals surface area contributed by atoms with Crippen molar-refractivity contribution in [2.45, 2.75) is 116 Å². The molecule has 2 aliphatic heterocycles. The molecule has 9 nitrogen and oxygen atoms in total. The Morgan fingerprint density at radius 2 is 1.67 bits per heavy atom. The Morgan fingerprint density at radius 3 is 2.31 bits per heavy atom. The Balaban J connectivity index is 1.16. The van der Waals surface area contributed by atoms with Gasteiger partial charge in [0.25, 0.3) is 0 Å². The van der Waals surface area contributed by atoms with Crippen LogP contribution >= 0.6 is 0 Å². The van der Waals surface area contributed by atoms with Gasteiger partial charge in [-0.2, -0.15) is 0 Å². The molecule has 3 saturated carbocycles. The van der Waals surface area contributed by atoms with E-state index in [0.29, 0.717) is 31.2 Å². The first-order chi connectivity index (χ1) is 22.8. The van der Waals surface area contributed by atoms with Crippen LogP contribution in [0.5, 0.6) is 0 Å². The lowest BCUT2D eigenvalue weighted by molar-refractivity contribution is -0.199. The summed E-state index contributed by atoms with van der Waals surface area (Å²) in [7, 11) is -0.577. The van der Waals surface area contributed by atoms with Crippen LogP contribution in [0.4, 0.5) is 4.79 Å². The number of nitrogens with zero attached hydrogens (tertiary/aromatic N) is 1. The summed E-state index contributed by atoms with van der Waals surface area (Å²) in [6, 6.07) is 17.4. The number of hydrogen-bond acceptors (Lipinski definition) is 6. The van der Waals surface area contributed by atoms with Crippen LogP contribution in [-0.4, -0.2) is 66.2 Å². The molecule has 10 heteroatoms. The molecule has 2 bridgehead atoms. The molecular formula is C38H52BN3O6. The maximum Gasteiger partial charge on any atom is 0.482 e. The van der Waals surface area contributed by atoms with Gasteiger partial charge < -0.3 is 29.6 Å². The number of rotatable bonds is 11. The van der Waals surface area contributed by atoms with Crippen LogP contribution in [-0.2, 0) is 36.7 Å². The summed E-state index contributed by atoms with van der Waals surface area (Å²) in [5.74, 6) is 0.127. The summed E-state index contributed by atoms with van der Waals surface area (Å²) >= 11 is 0. The van der Waals surface area contributed by atoms with Gasteiger partial charge in [-0.15, -0.1) is 0 Å². The van der Waals surface area contributed by atoms with Crippen molar-refractivity contribution >= 4 is 25.0 Å². The molecule has 2 aromatic carbocycles. The number of likely N-dealkylation sites (tertiary alicyclic amines) is 1. The zero-order valence-electron chi connectivity index (χ0n) is 29.4. The first kappa shape index (κ1) is 34.5. The van der Waals surface area contributed by atoms with Crippen LogP contribution in [0.3, 0.4) is 0 Å². The zero-order valence-corrected chi connectivity index (χ0v) is 29.4. The van der Waals surface area contributed by atoms with Crippen molar-refractivity contribution in [3.05, 3.63) is 71.8 Å². The lowest BCUT2D eigenvalue weighted by Crippen LogP contribution is -2.65. The van der Waals surface area contributed by atoms with Crippen LogP contribution in [0.1, 0.15) is 84.8 Å². The summed E-state index contributed by atoms with van der Waals surface area (Å²) in [6.07, 6.45) is 3.77. The monoisotopic (exact) mass is 657 g/mol. The van der Waals surface area contributed by atoms with Gasteiger partial charge in [-0.05, 0) is 72.8 Å². The van der Waals surface area contributed by atoms with Crippen molar-refractivity contribution in [3.63, 3.8) is 0 Å². The SMILES string of the molecule is CCC(C)(C)C(NC(=O)[C@@H]1CCCN1C(=O)[C@@H](Cc1ccccc1)NC(=O)OCc1ccccc1)B1O[C@@H]2C[C@@H]3C[C@@H](C3(C)C)[C@]2(C)O1. The number of nitrogens with one attached hydrogen (secondary N) is 2. The van der Waals surface area contributed by atoms with Crippen molar-refractivity contribution < 1.29 is 28.4 Å². The fourth-order valence-corrected chi connectivity index (χ4v) is 8.60. The molecule has 2 heterocycles. The molecule has 3 amide bonds. The minimum atomic E-state index is -0.897. The molecule has 48 heavy (non-hydrogen) atoms. The zero-order chi connectivity index (χ0) is 34.3. The molecular weight excluding hydrogens is 605 g/mol. The molecule has 0 radical (unpaired) electrons. The largest absolute Gasteiger partial charge is 0.482 e.